The minimum Gasteiger partial charge on any atom is -0.495 e. The van der Waals surface area contributed by atoms with Gasteiger partial charge in [-0.25, -0.2) is 0 Å². The lowest BCUT2D eigenvalue weighted by Crippen LogP contribution is -2.38. The normalized spacial score (nSPS) is 19.8. The Labute approximate surface area is 180 Å². The molecule has 0 bridgehead atoms. The summed E-state index contributed by atoms with van der Waals surface area (Å²) < 4.78 is 11.0. The third kappa shape index (κ3) is 4.79. The van der Waals surface area contributed by atoms with Crippen LogP contribution in [0.1, 0.15) is 70.8 Å². The summed E-state index contributed by atoms with van der Waals surface area (Å²) in [6, 6.07) is 6.82. The fraction of sp³-hybridized carbons (Fsp3) is 0.455. The molecule has 1 fully saturated rings. The van der Waals surface area contributed by atoms with Gasteiger partial charge in [-0.15, -0.1) is 0 Å². The summed E-state index contributed by atoms with van der Waals surface area (Å²) in [7, 11) is 3.05. The topological polar surface area (TPSA) is 101 Å². The molecule has 0 unspecified atom stereocenters. The van der Waals surface area contributed by atoms with E-state index >= 15 is 0 Å². The molecular weight excluding hydrogens is 408 g/mol. The van der Waals surface area contributed by atoms with E-state index in [2.05, 4.69) is 10.6 Å². The lowest BCUT2D eigenvalue weighted by molar-refractivity contribution is 0.0864. The highest BCUT2D eigenvalue weighted by Crippen LogP contribution is 2.34. The van der Waals surface area contributed by atoms with Crippen LogP contribution in [0.15, 0.2) is 28.7 Å². The molecule has 0 saturated heterocycles. The van der Waals surface area contributed by atoms with Crippen LogP contribution in [0.3, 0.4) is 0 Å². The average Bonchev–Trinajstić information content (AvgIpc) is 3.20. The molecule has 2 aromatic rings. The Morgan fingerprint density at radius 1 is 1.20 bits per heavy atom. The van der Waals surface area contributed by atoms with Crippen molar-refractivity contribution >= 4 is 23.4 Å². The highest BCUT2D eigenvalue weighted by Gasteiger charge is 2.28. The van der Waals surface area contributed by atoms with Crippen LogP contribution >= 0.6 is 11.6 Å². The first-order valence-corrected chi connectivity index (χ1v) is 10.4. The zero-order valence-corrected chi connectivity index (χ0v) is 18.1. The molecular formula is C22H27ClN2O5. The van der Waals surface area contributed by atoms with Crippen LogP contribution in [0, 0.1) is 0 Å². The van der Waals surface area contributed by atoms with Gasteiger partial charge in [0, 0.05) is 25.1 Å². The second kappa shape index (κ2) is 9.53. The van der Waals surface area contributed by atoms with Gasteiger partial charge < -0.3 is 24.9 Å². The van der Waals surface area contributed by atoms with E-state index < -0.39 is 5.91 Å². The number of benzene rings is 1. The molecule has 1 heterocycles. The average molecular weight is 435 g/mol. The number of methoxy groups -OCH3 is 1. The van der Waals surface area contributed by atoms with Gasteiger partial charge in [-0.3, -0.25) is 9.59 Å². The second-order valence-electron chi connectivity index (χ2n) is 7.56. The van der Waals surface area contributed by atoms with E-state index in [1.165, 1.54) is 13.1 Å². The molecule has 1 aliphatic carbocycles. The number of rotatable bonds is 6. The minimum atomic E-state index is -0.406. The largest absolute Gasteiger partial charge is 0.495 e. The van der Waals surface area contributed by atoms with E-state index in [0.29, 0.717) is 47.8 Å². The molecule has 2 amide bonds. The molecule has 1 aromatic carbocycles. The van der Waals surface area contributed by atoms with Crippen molar-refractivity contribution in [3.8, 4) is 5.75 Å². The van der Waals surface area contributed by atoms with Crippen LogP contribution in [0.25, 0.3) is 0 Å². The van der Waals surface area contributed by atoms with Gasteiger partial charge in [0.1, 0.15) is 11.5 Å². The monoisotopic (exact) mass is 434 g/mol. The number of ether oxygens (including phenoxy) is 1. The molecule has 7 nitrogen and oxygen atoms in total. The van der Waals surface area contributed by atoms with E-state index in [4.69, 9.17) is 20.8 Å². The highest BCUT2D eigenvalue weighted by molar-refractivity contribution is 6.32. The number of halogens is 1. The molecule has 30 heavy (non-hydrogen) atoms. The molecule has 3 rings (SSSR count). The van der Waals surface area contributed by atoms with Gasteiger partial charge in [0.05, 0.1) is 23.8 Å². The Morgan fingerprint density at radius 3 is 2.50 bits per heavy atom. The Balaban J connectivity index is 1.90. The number of hydrogen-bond acceptors (Lipinski definition) is 5. The third-order valence-corrected chi connectivity index (χ3v) is 5.85. The lowest BCUT2D eigenvalue weighted by atomic mass is 9.92. The van der Waals surface area contributed by atoms with E-state index in [0.717, 1.165) is 5.56 Å². The molecule has 0 radical (unpaired) electrons. The number of carbonyl (C=O) groups excluding carboxylic acids is 2. The maximum Gasteiger partial charge on any atom is 0.286 e. The van der Waals surface area contributed by atoms with Crippen molar-refractivity contribution in [2.24, 2.45) is 0 Å². The molecule has 1 aliphatic rings. The van der Waals surface area contributed by atoms with Crippen LogP contribution in [0.5, 0.6) is 5.75 Å². The number of nitrogens with one attached hydrogen (secondary N) is 2. The summed E-state index contributed by atoms with van der Waals surface area (Å²) in [4.78, 5) is 25.2. The summed E-state index contributed by atoms with van der Waals surface area (Å²) in [6.07, 6.45) is 2.45. The van der Waals surface area contributed by atoms with E-state index in [9.17, 15) is 14.7 Å². The summed E-state index contributed by atoms with van der Waals surface area (Å²) in [5.41, 5.74) is 1.15. The van der Waals surface area contributed by atoms with Crippen molar-refractivity contribution in [2.45, 2.75) is 50.7 Å². The fourth-order valence-corrected chi connectivity index (χ4v) is 3.99. The lowest BCUT2D eigenvalue weighted by Gasteiger charge is -2.26. The van der Waals surface area contributed by atoms with Crippen molar-refractivity contribution < 1.29 is 23.8 Å². The number of amides is 2. The van der Waals surface area contributed by atoms with Gasteiger partial charge >= 0.3 is 0 Å². The molecule has 3 N–H and O–H groups in total. The Bertz CT molecular complexity index is 918. The van der Waals surface area contributed by atoms with Gasteiger partial charge in [-0.1, -0.05) is 24.6 Å². The zero-order chi connectivity index (χ0) is 21.8. The molecule has 1 atom stereocenters. The van der Waals surface area contributed by atoms with E-state index in [1.807, 2.05) is 13.0 Å². The Kier molecular flexibility index (Phi) is 7.05. The van der Waals surface area contributed by atoms with Crippen LogP contribution in [0.4, 0.5) is 0 Å². The van der Waals surface area contributed by atoms with Crippen LogP contribution in [-0.2, 0) is 0 Å². The van der Waals surface area contributed by atoms with Gasteiger partial charge in [0.25, 0.3) is 11.8 Å². The van der Waals surface area contributed by atoms with Crippen molar-refractivity contribution in [3.63, 3.8) is 0 Å². The van der Waals surface area contributed by atoms with Crippen LogP contribution < -0.4 is 15.4 Å². The van der Waals surface area contributed by atoms with Crippen molar-refractivity contribution in [3.05, 3.63) is 51.9 Å². The van der Waals surface area contributed by atoms with Gasteiger partial charge in [-0.05, 0) is 43.4 Å². The minimum absolute atomic E-state index is 0.0159. The molecule has 162 valence electrons. The van der Waals surface area contributed by atoms with E-state index in [1.54, 1.807) is 19.2 Å². The Hall–Kier alpha value is -2.51. The van der Waals surface area contributed by atoms with Crippen LogP contribution in [0.2, 0.25) is 5.02 Å². The molecule has 1 aromatic heterocycles. The SMILES string of the molecule is CNC(=O)c1cc(C(=O)N[C@H]2CC[C@H](O)CC2)c([C@@H](C)c2ccc(OC)c(Cl)c2)o1. The van der Waals surface area contributed by atoms with Crippen molar-refractivity contribution in [2.75, 3.05) is 14.2 Å². The summed E-state index contributed by atoms with van der Waals surface area (Å²) >= 11 is 6.26. The molecule has 1 saturated carbocycles. The smallest absolute Gasteiger partial charge is 0.286 e. The highest BCUT2D eigenvalue weighted by atomic mass is 35.5. The number of aliphatic hydroxyl groups excluding tert-OH is 1. The summed E-state index contributed by atoms with van der Waals surface area (Å²) in [6.45, 7) is 1.89. The van der Waals surface area contributed by atoms with Crippen molar-refractivity contribution in [1.29, 1.82) is 0 Å². The molecule has 0 spiro atoms. The number of carbonyl (C=O) groups is 2. The summed E-state index contributed by atoms with van der Waals surface area (Å²) in [5.74, 6) is -0.00420. The van der Waals surface area contributed by atoms with Crippen molar-refractivity contribution in [1.82, 2.24) is 10.6 Å². The second-order valence-corrected chi connectivity index (χ2v) is 7.97. The third-order valence-electron chi connectivity index (χ3n) is 5.56. The predicted octanol–water partition coefficient (Wildman–Crippen LogP) is 3.49. The quantitative estimate of drug-likeness (QED) is 0.646. The standard InChI is InChI=1S/C22H27ClN2O5/c1-12(13-4-9-18(29-3)17(23)10-13)20-16(11-19(30-20)22(28)24-2)21(27)25-14-5-7-15(26)8-6-14/h4,9-12,14-15,26H,5-8H2,1-3H3,(H,24,28)(H,25,27)/t12-,14-,15-/m0/s1. The summed E-state index contributed by atoms with van der Waals surface area (Å²) in [5, 5.41) is 15.7. The predicted molar refractivity (Wildman–Crippen MR) is 113 cm³/mol. The maximum absolute atomic E-state index is 13.0. The van der Waals surface area contributed by atoms with Crippen LogP contribution in [-0.4, -0.2) is 43.2 Å². The Morgan fingerprint density at radius 2 is 1.90 bits per heavy atom. The number of furan rings is 1. The van der Waals surface area contributed by atoms with Gasteiger partial charge in [0.15, 0.2) is 5.76 Å². The van der Waals surface area contributed by atoms with E-state index in [-0.39, 0.29) is 29.7 Å². The molecule has 8 heteroatoms. The molecule has 0 aliphatic heterocycles. The van der Waals surface area contributed by atoms with Gasteiger partial charge in [-0.2, -0.15) is 0 Å². The first-order chi connectivity index (χ1) is 14.3. The fourth-order valence-electron chi connectivity index (χ4n) is 3.73. The maximum atomic E-state index is 13.0. The first-order valence-electron chi connectivity index (χ1n) is 10.0. The number of aliphatic hydroxyl groups is 1. The first kappa shape index (κ1) is 22.2. The zero-order valence-electron chi connectivity index (χ0n) is 17.3. The van der Waals surface area contributed by atoms with Gasteiger partial charge in [0.2, 0.25) is 0 Å². The number of hydrogen-bond donors (Lipinski definition) is 3.